The first-order valence-corrected chi connectivity index (χ1v) is 9.22. The molecular weight excluding hydrogens is 387 g/mol. The summed E-state index contributed by atoms with van der Waals surface area (Å²) in [5.41, 5.74) is 2.01. The van der Waals surface area contributed by atoms with Crippen molar-refractivity contribution >= 4 is 40.7 Å². The lowest BCUT2D eigenvalue weighted by molar-refractivity contribution is -0.116. The summed E-state index contributed by atoms with van der Waals surface area (Å²) < 4.78 is 5.53. The molecule has 7 heteroatoms. The van der Waals surface area contributed by atoms with Gasteiger partial charge in [-0.2, -0.15) is 0 Å². The summed E-state index contributed by atoms with van der Waals surface area (Å²) in [7, 11) is 1.58. The molecule has 0 heterocycles. The number of halogens is 2. The lowest BCUT2D eigenvalue weighted by atomic mass is 10.1. The first-order valence-electron chi connectivity index (χ1n) is 8.47. The highest BCUT2D eigenvalue weighted by atomic mass is 35.5. The van der Waals surface area contributed by atoms with E-state index in [1.165, 1.54) is 4.90 Å². The Balaban J connectivity index is 1.92. The smallest absolute Gasteiger partial charge is 0.254 e. The molecule has 2 aromatic carbocycles. The second kappa shape index (κ2) is 9.74. The topological polar surface area (TPSA) is 58.6 Å². The SMILES string of the molecule is CC(C)OCc1ccc(C(=O)N(C)CC(=O)Nc2ccc(Cl)c(Cl)c2)cc1. The summed E-state index contributed by atoms with van der Waals surface area (Å²) in [5, 5.41) is 3.45. The van der Waals surface area contributed by atoms with Crippen molar-refractivity contribution in [3.63, 3.8) is 0 Å². The Morgan fingerprint density at radius 3 is 2.33 bits per heavy atom. The summed E-state index contributed by atoms with van der Waals surface area (Å²) in [6.07, 6.45) is 0.145. The van der Waals surface area contributed by atoms with Crippen LogP contribution in [0.25, 0.3) is 0 Å². The average molecular weight is 409 g/mol. The van der Waals surface area contributed by atoms with E-state index in [9.17, 15) is 9.59 Å². The van der Waals surface area contributed by atoms with Gasteiger partial charge in [0.2, 0.25) is 5.91 Å². The van der Waals surface area contributed by atoms with E-state index in [2.05, 4.69) is 5.32 Å². The quantitative estimate of drug-likeness (QED) is 0.726. The van der Waals surface area contributed by atoms with Crippen molar-refractivity contribution in [2.24, 2.45) is 0 Å². The number of hydrogen-bond donors (Lipinski definition) is 1. The van der Waals surface area contributed by atoms with Crippen LogP contribution < -0.4 is 5.32 Å². The van der Waals surface area contributed by atoms with Crippen molar-refractivity contribution in [3.05, 3.63) is 63.6 Å². The molecular formula is C20H22Cl2N2O3. The van der Waals surface area contributed by atoms with Crippen LogP contribution in [0, 0.1) is 0 Å². The van der Waals surface area contributed by atoms with Crippen LogP contribution in [-0.2, 0) is 16.1 Å². The van der Waals surface area contributed by atoms with Gasteiger partial charge in [-0.25, -0.2) is 0 Å². The standard InChI is InChI=1S/C20H22Cl2N2O3/c1-13(2)27-12-14-4-6-15(7-5-14)20(26)24(3)11-19(25)23-16-8-9-17(21)18(22)10-16/h4-10,13H,11-12H2,1-3H3,(H,23,25). The predicted molar refractivity (Wildman–Crippen MR) is 108 cm³/mol. The van der Waals surface area contributed by atoms with Crippen molar-refractivity contribution < 1.29 is 14.3 Å². The molecule has 144 valence electrons. The molecule has 2 amide bonds. The molecule has 0 aromatic heterocycles. The molecule has 0 saturated heterocycles. The zero-order chi connectivity index (χ0) is 20.0. The number of ether oxygens (including phenoxy) is 1. The first kappa shape index (κ1) is 21.2. The van der Waals surface area contributed by atoms with Crippen LogP contribution in [0.15, 0.2) is 42.5 Å². The fourth-order valence-electron chi connectivity index (χ4n) is 2.29. The maximum absolute atomic E-state index is 12.5. The number of likely N-dealkylation sites (N-methyl/N-ethyl adjacent to an activating group) is 1. The fraction of sp³-hybridized carbons (Fsp3) is 0.300. The minimum absolute atomic E-state index is 0.0860. The van der Waals surface area contributed by atoms with E-state index in [4.69, 9.17) is 27.9 Å². The monoisotopic (exact) mass is 408 g/mol. The van der Waals surface area contributed by atoms with Gasteiger partial charge in [-0.1, -0.05) is 35.3 Å². The predicted octanol–water partition coefficient (Wildman–Crippen LogP) is 4.63. The van der Waals surface area contributed by atoms with Gasteiger partial charge in [0.25, 0.3) is 5.91 Å². The lowest BCUT2D eigenvalue weighted by Gasteiger charge is -2.17. The number of hydrogen-bond acceptors (Lipinski definition) is 3. The maximum Gasteiger partial charge on any atom is 0.254 e. The Morgan fingerprint density at radius 1 is 1.07 bits per heavy atom. The van der Waals surface area contributed by atoms with Crippen LogP contribution in [0.4, 0.5) is 5.69 Å². The summed E-state index contributed by atoms with van der Waals surface area (Å²) in [6, 6.07) is 12.0. The summed E-state index contributed by atoms with van der Waals surface area (Å²) >= 11 is 11.8. The number of anilines is 1. The van der Waals surface area contributed by atoms with Crippen LogP contribution in [0.3, 0.4) is 0 Å². The summed E-state index contributed by atoms with van der Waals surface area (Å²) in [6.45, 7) is 4.34. The zero-order valence-electron chi connectivity index (χ0n) is 15.5. The van der Waals surface area contributed by atoms with Gasteiger partial charge < -0.3 is 15.0 Å². The van der Waals surface area contributed by atoms with E-state index in [0.29, 0.717) is 27.9 Å². The molecule has 0 unspecified atom stereocenters. The maximum atomic E-state index is 12.5. The minimum atomic E-state index is -0.328. The number of carbonyl (C=O) groups excluding carboxylic acids is 2. The van der Waals surface area contributed by atoms with Gasteiger partial charge in [0.05, 0.1) is 29.3 Å². The molecule has 0 atom stereocenters. The molecule has 0 aliphatic carbocycles. The molecule has 5 nitrogen and oxygen atoms in total. The molecule has 0 aliphatic heterocycles. The van der Waals surface area contributed by atoms with Crippen LogP contribution >= 0.6 is 23.2 Å². The largest absolute Gasteiger partial charge is 0.374 e. The van der Waals surface area contributed by atoms with Gasteiger partial charge in [0.1, 0.15) is 0 Å². The van der Waals surface area contributed by atoms with E-state index in [0.717, 1.165) is 5.56 Å². The van der Waals surface area contributed by atoms with E-state index in [1.807, 2.05) is 26.0 Å². The molecule has 2 aromatic rings. The van der Waals surface area contributed by atoms with Crippen molar-refractivity contribution in [1.29, 1.82) is 0 Å². The normalized spacial score (nSPS) is 10.7. The number of nitrogens with zero attached hydrogens (tertiary/aromatic N) is 1. The van der Waals surface area contributed by atoms with Gasteiger partial charge in [0.15, 0.2) is 0 Å². The van der Waals surface area contributed by atoms with E-state index in [1.54, 1.807) is 37.4 Å². The zero-order valence-corrected chi connectivity index (χ0v) is 17.0. The third-order valence-corrected chi connectivity index (χ3v) is 4.45. The van der Waals surface area contributed by atoms with Gasteiger partial charge in [-0.15, -0.1) is 0 Å². The number of amides is 2. The molecule has 2 rings (SSSR count). The molecule has 0 bridgehead atoms. The number of carbonyl (C=O) groups is 2. The van der Waals surface area contributed by atoms with E-state index < -0.39 is 0 Å². The average Bonchev–Trinajstić information content (AvgIpc) is 2.62. The van der Waals surface area contributed by atoms with Crippen LogP contribution in [-0.4, -0.2) is 36.4 Å². The molecule has 0 fully saturated rings. The second-order valence-corrected chi connectivity index (χ2v) is 7.21. The highest BCUT2D eigenvalue weighted by Gasteiger charge is 2.15. The summed E-state index contributed by atoms with van der Waals surface area (Å²) in [5.74, 6) is -0.568. The van der Waals surface area contributed by atoms with Crippen molar-refractivity contribution in [2.45, 2.75) is 26.6 Å². The Morgan fingerprint density at radius 2 is 1.74 bits per heavy atom. The van der Waals surface area contributed by atoms with E-state index in [-0.39, 0.29) is 24.5 Å². The third kappa shape index (κ3) is 6.54. The number of benzene rings is 2. The van der Waals surface area contributed by atoms with E-state index >= 15 is 0 Å². The fourth-order valence-corrected chi connectivity index (χ4v) is 2.59. The van der Waals surface area contributed by atoms with Gasteiger partial charge in [-0.05, 0) is 49.7 Å². The molecule has 0 radical (unpaired) electrons. The molecule has 27 heavy (non-hydrogen) atoms. The van der Waals surface area contributed by atoms with Gasteiger partial charge >= 0.3 is 0 Å². The number of rotatable bonds is 7. The van der Waals surface area contributed by atoms with Crippen molar-refractivity contribution in [1.82, 2.24) is 4.90 Å². The van der Waals surface area contributed by atoms with Crippen LogP contribution in [0.2, 0.25) is 10.0 Å². The summed E-state index contributed by atoms with van der Waals surface area (Å²) in [4.78, 5) is 26.0. The van der Waals surface area contributed by atoms with Crippen molar-refractivity contribution in [2.75, 3.05) is 18.9 Å². The van der Waals surface area contributed by atoms with Gasteiger partial charge in [0, 0.05) is 18.3 Å². The second-order valence-electron chi connectivity index (χ2n) is 6.39. The highest BCUT2D eigenvalue weighted by molar-refractivity contribution is 6.42. The Bertz CT molecular complexity index is 807. The molecule has 0 aliphatic rings. The Labute approximate surface area is 169 Å². The van der Waals surface area contributed by atoms with Gasteiger partial charge in [-0.3, -0.25) is 9.59 Å². The lowest BCUT2D eigenvalue weighted by Crippen LogP contribution is -2.34. The highest BCUT2D eigenvalue weighted by Crippen LogP contribution is 2.24. The third-order valence-electron chi connectivity index (χ3n) is 3.72. The van der Waals surface area contributed by atoms with Crippen LogP contribution in [0.5, 0.6) is 0 Å². The Hall–Kier alpha value is -2.08. The first-order chi connectivity index (χ1) is 12.8. The van der Waals surface area contributed by atoms with Crippen LogP contribution in [0.1, 0.15) is 29.8 Å². The molecule has 1 N–H and O–H groups in total. The molecule has 0 spiro atoms. The molecule has 0 saturated carbocycles. The van der Waals surface area contributed by atoms with Crippen molar-refractivity contribution in [3.8, 4) is 0 Å². The number of nitrogens with one attached hydrogen (secondary N) is 1. The Kier molecular flexibility index (Phi) is 7.66. The minimum Gasteiger partial charge on any atom is -0.374 e.